The predicted molar refractivity (Wildman–Crippen MR) is 320 cm³/mol. The number of Topliss-reactive ketones (excluding diaryl/α,β-unsaturated/α-hetero) is 3. The number of methoxy groups -OCH3 is 9. The number of allylic oxidation sites excluding steroid dienone is 3. The molecule has 9 rings (SSSR count). The van der Waals surface area contributed by atoms with Gasteiger partial charge in [-0.2, -0.15) is 0 Å². The molecule has 9 saturated carbocycles. The summed E-state index contributed by atoms with van der Waals surface area (Å²) < 4.78 is 42.6. The van der Waals surface area contributed by atoms with E-state index in [9.17, 15) is 43.2 Å². The first-order valence-electron chi connectivity index (χ1n) is 29.5. The van der Waals surface area contributed by atoms with Gasteiger partial charge in [0.2, 0.25) is 0 Å². The lowest BCUT2D eigenvalue weighted by atomic mass is 10.1. The van der Waals surface area contributed by atoms with Crippen LogP contribution in [0.3, 0.4) is 0 Å². The Labute approximate surface area is 501 Å². The Morgan fingerprint density at radius 2 is 0.429 bits per heavy atom. The molecule has 0 aliphatic heterocycles. The summed E-state index contributed by atoms with van der Waals surface area (Å²) in [6.45, 7) is 23.1. The molecule has 18 heteroatoms. The van der Waals surface area contributed by atoms with E-state index < -0.39 is 0 Å². The predicted octanol–water partition coefficient (Wildman–Crippen LogP) is 11.4. The second-order valence-electron chi connectivity index (χ2n) is 22.7. The van der Waals surface area contributed by atoms with E-state index in [0.717, 1.165) is 77.0 Å². The Morgan fingerprint density at radius 3 is 0.536 bits per heavy atom. The third-order valence-electron chi connectivity index (χ3n) is 16.1. The van der Waals surface area contributed by atoms with E-state index in [1.54, 1.807) is 21.3 Å². The highest BCUT2D eigenvalue weighted by atomic mass is 16.5. The van der Waals surface area contributed by atoms with E-state index >= 15 is 0 Å². The van der Waals surface area contributed by atoms with Crippen LogP contribution >= 0.6 is 0 Å². The van der Waals surface area contributed by atoms with Gasteiger partial charge in [-0.05, 0) is 135 Å². The minimum absolute atomic E-state index is 0.0846. The number of carbonyl (C=O) groups excluding carboxylic acids is 9. The van der Waals surface area contributed by atoms with Crippen molar-refractivity contribution in [2.45, 2.75) is 192 Å². The number of hydrogen-bond acceptors (Lipinski definition) is 18. The van der Waals surface area contributed by atoms with E-state index in [2.05, 4.69) is 67.9 Å². The number of rotatable bonds is 9. The third kappa shape index (κ3) is 31.3. The van der Waals surface area contributed by atoms with Crippen LogP contribution < -0.4 is 0 Å². The van der Waals surface area contributed by atoms with Gasteiger partial charge in [0.25, 0.3) is 0 Å². The highest BCUT2D eigenvalue weighted by Crippen LogP contribution is 2.32. The number of ketones is 3. The number of carbonyl (C=O) groups is 9. The zero-order valence-electron chi connectivity index (χ0n) is 52.4. The quantitative estimate of drug-likeness (QED) is 0.118. The van der Waals surface area contributed by atoms with E-state index in [1.807, 2.05) is 0 Å². The lowest BCUT2D eigenvalue weighted by Crippen LogP contribution is -2.12. The SMILES string of the molecule is C=C1CCC(C(=O)OC)C1.C=C1CCC(OC)C1.C=C1CC[C@@H](C(=O)OC)C1.C=C1CC[C@@H](OC)C1.C=C1CC[C@H](C(=O)OC)C1.C=C1CC[C@H](OC)C1.COC(=O)C1CCC(=O)C1.COC(=O)[C@@H]1CCC(=O)C1.COC(=O)[C@H]1CCC(=O)C1. The Bertz CT molecular complexity index is 1870. The Morgan fingerprint density at radius 1 is 0.262 bits per heavy atom. The number of esters is 6. The molecule has 84 heavy (non-hydrogen) atoms. The van der Waals surface area contributed by atoms with Crippen molar-refractivity contribution >= 4 is 53.2 Å². The molecule has 0 aromatic carbocycles. The molecular formula is C66H102O18. The Balaban J connectivity index is 0.000000473. The summed E-state index contributed by atoms with van der Waals surface area (Å²) in [7, 11) is 13.7. The minimum atomic E-state index is -0.245. The van der Waals surface area contributed by atoms with Crippen molar-refractivity contribution < 1.29 is 85.8 Å². The van der Waals surface area contributed by atoms with Crippen LogP contribution in [-0.2, 0) is 85.8 Å². The average Bonchev–Trinajstić information content (AvgIpc) is 4.35. The maximum Gasteiger partial charge on any atom is 0.309 e. The lowest BCUT2D eigenvalue weighted by molar-refractivity contribution is -0.146. The van der Waals surface area contributed by atoms with Gasteiger partial charge in [0.15, 0.2) is 0 Å². The summed E-state index contributed by atoms with van der Waals surface area (Å²) >= 11 is 0. The van der Waals surface area contributed by atoms with Crippen LogP contribution in [0, 0.1) is 35.5 Å². The fraction of sp³-hybridized carbons (Fsp3) is 0.682. The van der Waals surface area contributed by atoms with Crippen LogP contribution in [0.1, 0.15) is 173 Å². The van der Waals surface area contributed by atoms with Gasteiger partial charge in [0.1, 0.15) is 17.3 Å². The standard InChI is InChI=1S/3C8H12O2.3C7H10O3.3C7H12O/c3*1-6-3-4-7(5-6)8(9)10-2;3*1-10-7(9)5-2-3-6(8)4-5;3*1-6-3-4-7(5-6)8-2/h3*7H,1,3-5H2,2H3;3*5H,2-4H2,1H3;3*7H,1,3-5H2,2H3/t2*7-;;2*5-;;2*7-;/m10.10.10./s1. The maximum atomic E-state index is 10.9. The normalized spacial score (nSPS) is 26.1. The molecule has 9 fully saturated rings. The third-order valence-corrected chi connectivity index (χ3v) is 16.1. The summed E-state index contributed by atoms with van der Waals surface area (Å²) in [5.41, 5.74) is 7.56. The second kappa shape index (κ2) is 42.9. The summed E-state index contributed by atoms with van der Waals surface area (Å²) in [6, 6.07) is 0. The van der Waals surface area contributed by atoms with Crippen LogP contribution in [0.2, 0.25) is 0 Å². The molecule has 18 nitrogen and oxygen atoms in total. The van der Waals surface area contributed by atoms with Gasteiger partial charge in [-0.1, -0.05) is 72.9 Å². The molecule has 0 N–H and O–H groups in total. The summed E-state index contributed by atoms with van der Waals surface area (Å²) in [5, 5.41) is 0. The summed E-state index contributed by atoms with van der Waals surface area (Å²) in [6.07, 6.45) is 24.7. The zero-order chi connectivity index (χ0) is 63.3. The fourth-order valence-electron chi connectivity index (χ4n) is 10.7. The Hall–Kier alpha value is -5.85. The van der Waals surface area contributed by atoms with Crippen molar-refractivity contribution in [3.05, 3.63) is 72.9 Å². The van der Waals surface area contributed by atoms with Gasteiger partial charge in [-0.15, -0.1) is 0 Å². The van der Waals surface area contributed by atoms with Gasteiger partial charge in [0, 0.05) is 59.9 Å². The highest BCUT2D eigenvalue weighted by Gasteiger charge is 2.31. The molecular weight excluding hydrogens is 1080 g/mol. The molecule has 9 aliphatic rings. The zero-order valence-corrected chi connectivity index (χ0v) is 52.4. The van der Waals surface area contributed by atoms with E-state index in [-0.39, 0.29) is 88.7 Å². The molecule has 0 heterocycles. The number of hydrogen-bond donors (Lipinski definition) is 0. The molecule has 0 amide bonds. The van der Waals surface area contributed by atoms with Crippen molar-refractivity contribution in [3.8, 4) is 0 Å². The molecule has 0 saturated heterocycles. The highest BCUT2D eigenvalue weighted by molar-refractivity contribution is 5.89. The van der Waals surface area contributed by atoms with E-state index in [1.165, 1.54) is 115 Å². The van der Waals surface area contributed by atoms with Crippen LogP contribution in [0.4, 0.5) is 0 Å². The lowest BCUT2D eigenvalue weighted by Gasteiger charge is -2.03. The Kier molecular flexibility index (Phi) is 38.9. The molecule has 474 valence electrons. The first-order chi connectivity index (χ1) is 39.9. The molecule has 0 spiro atoms. The van der Waals surface area contributed by atoms with E-state index in [4.69, 9.17) is 14.2 Å². The van der Waals surface area contributed by atoms with Crippen LogP contribution in [0.15, 0.2) is 72.9 Å². The summed E-state index contributed by atoms with van der Waals surface area (Å²) in [5.74, 6) is -0.639. The van der Waals surface area contributed by atoms with Crippen LogP contribution in [-0.4, -0.2) is 135 Å². The van der Waals surface area contributed by atoms with Gasteiger partial charge in [-0.25, -0.2) is 0 Å². The topological polar surface area (TPSA) is 237 Å². The molecule has 3 unspecified atom stereocenters. The van der Waals surface area contributed by atoms with Crippen molar-refractivity contribution in [1.29, 1.82) is 0 Å². The van der Waals surface area contributed by atoms with Gasteiger partial charge in [-0.3, -0.25) is 43.2 Å². The van der Waals surface area contributed by atoms with E-state index in [0.29, 0.717) is 76.1 Å². The van der Waals surface area contributed by atoms with Gasteiger partial charge >= 0.3 is 35.8 Å². The van der Waals surface area contributed by atoms with Gasteiger partial charge in [0.05, 0.1) is 96.5 Å². The smallest absolute Gasteiger partial charge is 0.309 e. The monoisotopic (exact) mass is 1180 g/mol. The molecule has 0 bridgehead atoms. The largest absolute Gasteiger partial charge is 0.469 e. The molecule has 9 atom stereocenters. The molecule has 0 radical (unpaired) electrons. The fourth-order valence-corrected chi connectivity index (χ4v) is 10.7. The minimum Gasteiger partial charge on any atom is -0.469 e. The summed E-state index contributed by atoms with van der Waals surface area (Å²) in [4.78, 5) is 97.0. The first kappa shape index (κ1) is 76.2. The van der Waals surface area contributed by atoms with Crippen molar-refractivity contribution in [3.63, 3.8) is 0 Å². The van der Waals surface area contributed by atoms with Crippen molar-refractivity contribution in [2.75, 3.05) is 64.0 Å². The molecule has 0 aromatic rings. The number of ether oxygens (including phenoxy) is 9. The van der Waals surface area contributed by atoms with Gasteiger partial charge < -0.3 is 42.6 Å². The average molecular weight is 1180 g/mol. The van der Waals surface area contributed by atoms with Crippen molar-refractivity contribution in [2.24, 2.45) is 35.5 Å². The second-order valence-corrected chi connectivity index (χ2v) is 22.7. The maximum absolute atomic E-state index is 10.9. The first-order valence-corrected chi connectivity index (χ1v) is 29.5. The van der Waals surface area contributed by atoms with Crippen LogP contribution in [0.5, 0.6) is 0 Å². The molecule has 9 aliphatic carbocycles. The van der Waals surface area contributed by atoms with Crippen molar-refractivity contribution in [1.82, 2.24) is 0 Å². The molecule has 0 aromatic heterocycles. The van der Waals surface area contributed by atoms with Crippen LogP contribution in [0.25, 0.3) is 0 Å².